The molecular formula is C10H13N5. The van der Waals surface area contributed by atoms with E-state index in [4.69, 9.17) is 0 Å². The van der Waals surface area contributed by atoms with Gasteiger partial charge >= 0.3 is 0 Å². The van der Waals surface area contributed by atoms with Crippen molar-refractivity contribution in [2.24, 2.45) is 0 Å². The summed E-state index contributed by atoms with van der Waals surface area (Å²) in [6, 6.07) is 0. The van der Waals surface area contributed by atoms with Crippen molar-refractivity contribution in [1.29, 1.82) is 0 Å². The number of anilines is 2. The van der Waals surface area contributed by atoms with E-state index >= 15 is 0 Å². The topological polar surface area (TPSA) is 63.6 Å². The predicted molar refractivity (Wildman–Crippen MR) is 58.7 cm³/mol. The average molecular weight is 203 g/mol. The number of hydrogen-bond donors (Lipinski definition) is 1. The van der Waals surface area contributed by atoms with E-state index in [0.717, 1.165) is 0 Å². The molecule has 0 aliphatic heterocycles. The van der Waals surface area contributed by atoms with Gasteiger partial charge in [-0.1, -0.05) is 13.8 Å². The molecule has 0 aliphatic rings. The van der Waals surface area contributed by atoms with Crippen LogP contribution in [0.4, 0.5) is 11.6 Å². The maximum absolute atomic E-state index is 4.03. The van der Waals surface area contributed by atoms with Crippen molar-refractivity contribution >= 4 is 11.6 Å². The molecule has 0 aliphatic carbocycles. The van der Waals surface area contributed by atoms with Gasteiger partial charge in [-0.25, -0.2) is 9.97 Å². The second-order valence-electron chi connectivity index (χ2n) is 2.31. The third kappa shape index (κ3) is 3.68. The molecule has 5 nitrogen and oxygen atoms in total. The van der Waals surface area contributed by atoms with E-state index in [2.05, 4.69) is 25.3 Å². The number of aromatic nitrogens is 4. The highest BCUT2D eigenvalue weighted by Gasteiger charge is 1.94. The molecule has 0 saturated heterocycles. The molecule has 0 aromatic carbocycles. The molecule has 2 heterocycles. The highest BCUT2D eigenvalue weighted by molar-refractivity contribution is 5.47. The van der Waals surface area contributed by atoms with Crippen LogP contribution < -0.4 is 5.32 Å². The molecule has 0 fully saturated rings. The summed E-state index contributed by atoms with van der Waals surface area (Å²) in [5, 5.41) is 2.96. The lowest BCUT2D eigenvalue weighted by atomic mass is 10.6. The van der Waals surface area contributed by atoms with Crippen LogP contribution >= 0.6 is 0 Å². The van der Waals surface area contributed by atoms with Gasteiger partial charge in [-0.15, -0.1) is 0 Å². The van der Waals surface area contributed by atoms with E-state index in [9.17, 15) is 0 Å². The van der Waals surface area contributed by atoms with Crippen LogP contribution in [0.25, 0.3) is 0 Å². The van der Waals surface area contributed by atoms with Crippen molar-refractivity contribution in [2.45, 2.75) is 13.8 Å². The summed E-state index contributed by atoms with van der Waals surface area (Å²) in [4.78, 5) is 15.9. The molecule has 78 valence electrons. The Morgan fingerprint density at radius 3 is 1.60 bits per heavy atom. The fraction of sp³-hybridized carbons (Fsp3) is 0.200. The van der Waals surface area contributed by atoms with Gasteiger partial charge in [-0.2, -0.15) is 0 Å². The minimum absolute atomic E-state index is 0.656. The molecule has 2 aromatic rings. The zero-order valence-corrected chi connectivity index (χ0v) is 8.75. The highest BCUT2D eigenvalue weighted by Crippen LogP contribution is 2.06. The summed E-state index contributed by atoms with van der Waals surface area (Å²) >= 11 is 0. The van der Waals surface area contributed by atoms with Gasteiger partial charge < -0.3 is 5.32 Å². The Kier molecular flexibility index (Phi) is 4.72. The first kappa shape index (κ1) is 11.0. The first-order valence-corrected chi connectivity index (χ1v) is 4.74. The Hall–Kier alpha value is -2.04. The Bertz CT molecular complexity index is 325. The third-order valence-corrected chi connectivity index (χ3v) is 1.38. The van der Waals surface area contributed by atoms with Gasteiger partial charge in [-0.3, -0.25) is 9.97 Å². The van der Waals surface area contributed by atoms with Crippen LogP contribution in [-0.4, -0.2) is 19.9 Å². The third-order valence-electron chi connectivity index (χ3n) is 1.38. The minimum atomic E-state index is 0.656. The molecule has 0 radical (unpaired) electrons. The van der Waals surface area contributed by atoms with Gasteiger partial charge in [0.1, 0.15) is 11.6 Å². The summed E-state index contributed by atoms with van der Waals surface area (Å²) in [5.41, 5.74) is 0. The van der Waals surface area contributed by atoms with Gasteiger partial charge in [0.25, 0.3) is 0 Å². The number of hydrogen-bond acceptors (Lipinski definition) is 5. The quantitative estimate of drug-likeness (QED) is 0.809. The zero-order chi connectivity index (χ0) is 10.9. The maximum Gasteiger partial charge on any atom is 0.150 e. The summed E-state index contributed by atoms with van der Waals surface area (Å²) in [6.07, 6.45) is 9.68. The van der Waals surface area contributed by atoms with Gasteiger partial charge in [-0.05, 0) is 0 Å². The monoisotopic (exact) mass is 203 g/mol. The van der Waals surface area contributed by atoms with Crippen molar-refractivity contribution in [3.05, 3.63) is 37.2 Å². The summed E-state index contributed by atoms with van der Waals surface area (Å²) in [7, 11) is 0. The van der Waals surface area contributed by atoms with Gasteiger partial charge in [0.2, 0.25) is 0 Å². The van der Waals surface area contributed by atoms with Crippen molar-refractivity contribution in [3.8, 4) is 0 Å². The average Bonchev–Trinajstić information content (AvgIpc) is 2.34. The fourth-order valence-corrected chi connectivity index (χ4v) is 0.858. The van der Waals surface area contributed by atoms with Crippen molar-refractivity contribution in [2.75, 3.05) is 5.32 Å². The molecule has 2 aromatic heterocycles. The van der Waals surface area contributed by atoms with E-state index in [1.807, 2.05) is 13.8 Å². The fourth-order valence-electron chi connectivity index (χ4n) is 0.858. The summed E-state index contributed by atoms with van der Waals surface area (Å²) in [6.45, 7) is 4.00. The SMILES string of the molecule is CC.c1cnc(Nc2cnccn2)cn1. The van der Waals surface area contributed by atoms with E-state index in [0.29, 0.717) is 11.6 Å². The van der Waals surface area contributed by atoms with E-state index in [1.165, 1.54) is 0 Å². The molecule has 15 heavy (non-hydrogen) atoms. The van der Waals surface area contributed by atoms with Crippen LogP contribution in [-0.2, 0) is 0 Å². The summed E-state index contributed by atoms with van der Waals surface area (Å²) in [5.74, 6) is 1.31. The van der Waals surface area contributed by atoms with Gasteiger partial charge in [0, 0.05) is 24.8 Å². The van der Waals surface area contributed by atoms with Crippen molar-refractivity contribution in [1.82, 2.24) is 19.9 Å². The van der Waals surface area contributed by atoms with E-state index < -0.39 is 0 Å². The Morgan fingerprint density at radius 2 is 1.27 bits per heavy atom. The molecule has 0 bridgehead atoms. The molecule has 0 saturated carbocycles. The van der Waals surface area contributed by atoms with Crippen LogP contribution in [0.3, 0.4) is 0 Å². The van der Waals surface area contributed by atoms with Crippen molar-refractivity contribution < 1.29 is 0 Å². The lowest BCUT2D eigenvalue weighted by Crippen LogP contribution is -1.95. The van der Waals surface area contributed by atoms with E-state index in [1.54, 1.807) is 37.2 Å². The van der Waals surface area contributed by atoms with Crippen LogP contribution in [0, 0.1) is 0 Å². The molecule has 2 rings (SSSR count). The van der Waals surface area contributed by atoms with Gasteiger partial charge in [0.15, 0.2) is 0 Å². The molecule has 0 amide bonds. The van der Waals surface area contributed by atoms with Gasteiger partial charge in [0.05, 0.1) is 12.4 Å². The van der Waals surface area contributed by atoms with Crippen molar-refractivity contribution in [3.63, 3.8) is 0 Å². The Balaban J connectivity index is 0.000000531. The van der Waals surface area contributed by atoms with Crippen LogP contribution in [0.15, 0.2) is 37.2 Å². The number of rotatable bonds is 2. The molecule has 0 atom stereocenters. The Labute approximate surface area is 88.7 Å². The predicted octanol–water partition coefficient (Wildman–Crippen LogP) is 2.04. The summed E-state index contributed by atoms with van der Waals surface area (Å²) < 4.78 is 0. The maximum atomic E-state index is 4.03. The second kappa shape index (κ2) is 6.42. The normalized spacial score (nSPS) is 8.67. The first-order chi connectivity index (χ1) is 7.45. The standard InChI is InChI=1S/C8H7N5.C2H6/c1-3-11-7(5-9-1)13-8-6-10-2-4-12-8;1-2/h1-6H,(H,11,12,13);1-2H3. The molecule has 5 heteroatoms. The van der Waals surface area contributed by atoms with Crippen LogP contribution in [0.2, 0.25) is 0 Å². The minimum Gasteiger partial charge on any atom is -0.322 e. The van der Waals surface area contributed by atoms with Crippen LogP contribution in [0.1, 0.15) is 13.8 Å². The van der Waals surface area contributed by atoms with Crippen LogP contribution in [0.5, 0.6) is 0 Å². The Morgan fingerprint density at radius 1 is 0.800 bits per heavy atom. The zero-order valence-electron chi connectivity index (χ0n) is 8.75. The number of nitrogens with zero attached hydrogens (tertiary/aromatic N) is 4. The molecular weight excluding hydrogens is 190 g/mol. The molecule has 0 spiro atoms. The molecule has 0 unspecified atom stereocenters. The van der Waals surface area contributed by atoms with E-state index in [-0.39, 0.29) is 0 Å². The number of nitrogens with one attached hydrogen (secondary N) is 1. The lowest BCUT2D eigenvalue weighted by molar-refractivity contribution is 1.15. The highest BCUT2D eigenvalue weighted by atomic mass is 15.1. The second-order valence-corrected chi connectivity index (χ2v) is 2.31. The lowest BCUT2D eigenvalue weighted by Gasteiger charge is -2.01. The first-order valence-electron chi connectivity index (χ1n) is 4.74. The smallest absolute Gasteiger partial charge is 0.150 e. The molecule has 1 N–H and O–H groups in total. The largest absolute Gasteiger partial charge is 0.322 e.